The van der Waals surface area contributed by atoms with E-state index in [1.165, 1.54) is 19.3 Å². The van der Waals surface area contributed by atoms with Crippen molar-refractivity contribution in [3.05, 3.63) is 11.4 Å². The molecule has 1 fully saturated rings. The fourth-order valence-electron chi connectivity index (χ4n) is 2.43. The zero-order valence-electron chi connectivity index (χ0n) is 9.52. The van der Waals surface area contributed by atoms with E-state index >= 15 is 0 Å². The van der Waals surface area contributed by atoms with Crippen LogP contribution >= 0.6 is 0 Å². The highest BCUT2D eigenvalue weighted by Crippen LogP contribution is 2.29. The quantitative estimate of drug-likeness (QED) is 0.851. The molecule has 0 saturated heterocycles. The summed E-state index contributed by atoms with van der Waals surface area (Å²) in [5.41, 5.74) is 0.882. The maximum atomic E-state index is 11.0. The number of aromatic carboxylic acids is 1. The summed E-state index contributed by atoms with van der Waals surface area (Å²) in [6, 6.07) is 0.351. The molecule has 0 unspecified atom stereocenters. The van der Waals surface area contributed by atoms with E-state index in [2.05, 4.69) is 10.3 Å². The molecule has 0 atom stereocenters. The van der Waals surface area contributed by atoms with Crippen molar-refractivity contribution in [2.45, 2.75) is 51.5 Å². The predicted molar refractivity (Wildman–Crippen MR) is 58.5 cm³/mol. The molecule has 1 aromatic rings. The summed E-state index contributed by atoms with van der Waals surface area (Å²) in [6.07, 6.45) is 6.54. The molecule has 1 aromatic heterocycles. The lowest BCUT2D eigenvalue weighted by atomic mass is 9.95. The number of nitrogens with zero attached hydrogens (tertiary/aromatic N) is 3. The summed E-state index contributed by atoms with van der Waals surface area (Å²) in [7, 11) is 0. The summed E-state index contributed by atoms with van der Waals surface area (Å²) >= 11 is 0. The van der Waals surface area contributed by atoms with Crippen molar-refractivity contribution in [2.24, 2.45) is 0 Å². The highest BCUT2D eigenvalue weighted by Gasteiger charge is 2.23. The molecule has 16 heavy (non-hydrogen) atoms. The summed E-state index contributed by atoms with van der Waals surface area (Å²) in [5, 5.41) is 16.8. The summed E-state index contributed by atoms with van der Waals surface area (Å²) in [4.78, 5) is 11.0. The normalized spacial score (nSPS) is 17.6. The van der Waals surface area contributed by atoms with E-state index in [4.69, 9.17) is 5.11 Å². The molecule has 0 spiro atoms. The summed E-state index contributed by atoms with van der Waals surface area (Å²) in [5.74, 6) is -0.973. The monoisotopic (exact) mass is 223 g/mol. The fraction of sp³-hybridized carbons (Fsp3) is 0.727. The first-order valence-electron chi connectivity index (χ1n) is 5.91. The van der Waals surface area contributed by atoms with Crippen LogP contribution in [0.25, 0.3) is 0 Å². The van der Waals surface area contributed by atoms with Crippen molar-refractivity contribution in [1.29, 1.82) is 0 Å². The molecule has 2 rings (SSSR count). The molecular formula is C11H17N3O2. The molecule has 1 N–H and O–H groups in total. The van der Waals surface area contributed by atoms with Crippen molar-refractivity contribution in [1.82, 2.24) is 15.0 Å². The smallest absolute Gasteiger partial charge is 0.358 e. The van der Waals surface area contributed by atoms with Crippen LogP contribution in [0, 0.1) is 0 Å². The molecule has 0 amide bonds. The molecular weight excluding hydrogens is 206 g/mol. The van der Waals surface area contributed by atoms with E-state index in [1.807, 2.05) is 11.6 Å². The van der Waals surface area contributed by atoms with Crippen molar-refractivity contribution in [3.8, 4) is 0 Å². The van der Waals surface area contributed by atoms with Gasteiger partial charge in [-0.1, -0.05) is 31.4 Å². The largest absolute Gasteiger partial charge is 0.476 e. The molecule has 1 aliphatic rings. The van der Waals surface area contributed by atoms with Crippen LogP contribution in [0.5, 0.6) is 0 Å². The Morgan fingerprint density at radius 3 is 2.69 bits per heavy atom. The molecule has 0 aromatic carbocycles. The Labute approximate surface area is 94.5 Å². The molecule has 5 heteroatoms. The van der Waals surface area contributed by atoms with E-state index in [0.717, 1.165) is 18.5 Å². The van der Waals surface area contributed by atoms with Crippen LogP contribution < -0.4 is 0 Å². The van der Waals surface area contributed by atoms with E-state index < -0.39 is 5.97 Å². The van der Waals surface area contributed by atoms with Gasteiger partial charge >= 0.3 is 5.97 Å². The minimum absolute atomic E-state index is 0.119. The Balaban J connectivity index is 2.29. The topological polar surface area (TPSA) is 68.0 Å². The lowest BCUT2D eigenvalue weighted by Crippen LogP contribution is -2.17. The first-order chi connectivity index (χ1) is 7.74. The fourth-order valence-corrected chi connectivity index (χ4v) is 2.43. The van der Waals surface area contributed by atoms with Crippen LogP contribution in [0.4, 0.5) is 0 Å². The Morgan fingerprint density at radius 1 is 1.44 bits per heavy atom. The second kappa shape index (κ2) is 4.63. The van der Waals surface area contributed by atoms with E-state index in [1.54, 1.807) is 0 Å². The molecule has 88 valence electrons. The number of carboxylic acid groups (broad SMARTS) is 1. The van der Waals surface area contributed by atoms with E-state index in [9.17, 15) is 4.79 Å². The highest BCUT2D eigenvalue weighted by atomic mass is 16.4. The maximum absolute atomic E-state index is 11.0. The Hall–Kier alpha value is -1.39. The minimum atomic E-state index is -0.973. The molecule has 0 aliphatic heterocycles. The third kappa shape index (κ3) is 1.94. The second-order valence-corrected chi connectivity index (χ2v) is 4.28. The zero-order chi connectivity index (χ0) is 11.5. The van der Waals surface area contributed by atoms with Crippen molar-refractivity contribution < 1.29 is 9.90 Å². The predicted octanol–water partition coefficient (Wildman–Crippen LogP) is 2.04. The number of rotatable bonds is 3. The third-order valence-corrected chi connectivity index (χ3v) is 3.25. The van der Waals surface area contributed by atoms with Gasteiger partial charge in [0.2, 0.25) is 0 Å². The van der Waals surface area contributed by atoms with Gasteiger partial charge in [-0.2, -0.15) is 0 Å². The van der Waals surface area contributed by atoms with Gasteiger partial charge in [0.15, 0.2) is 5.69 Å². The van der Waals surface area contributed by atoms with Gasteiger partial charge in [-0.15, -0.1) is 5.10 Å². The van der Waals surface area contributed by atoms with Gasteiger partial charge in [-0.3, -0.25) is 0 Å². The standard InChI is InChI=1S/C11H17N3O2/c1-2-9-10(11(15)16)12-13-14(9)8-6-4-3-5-7-8/h8H,2-7H2,1H3,(H,15,16). The van der Waals surface area contributed by atoms with Crippen LogP contribution in [0.2, 0.25) is 0 Å². The molecule has 1 heterocycles. The van der Waals surface area contributed by atoms with Gasteiger partial charge in [-0.25, -0.2) is 9.48 Å². The van der Waals surface area contributed by atoms with Crippen LogP contribution in [-0.2, 0) is 6.42 Å². The van der Waals surface area contributed by atoms with Gasteiger partial charge in [-0.05, 0) is 19.3 Å². The van der Waals surface area contributed by atoms with Gasteiger partial charge in [0.25, 0.3) is 0 Å². The van der Waals surface area contributed by atoms with Gasteiger partial charge in [0, 0.05) is 0 Å². The SMILES string of the molecule is CCc1c(C(=O)O)nnn1C1CCCCC1. The van der Waals surface area contributed by atoms with Gasteiger partial charge < -0.3 is 5.11 Å². The molecule has 1 saturated carbocycles. The van der Waals surface area contributed by atoms with Crippen LogP contribution in [-0.4, -0.2) is 26.1 Å². The maximum Gasteiger partial charge on any atom is 0.358 e. The lowest BCUT2D eigenvalue weighted by Gasteiger charge is -2.22. The Morgan fingerprint density at radius 2 is 2.12 bits per heavy atom. The van der Waals surface area contributed by atoms with Crippen LogP contribution in [0.1, 0.15) is 61.3 Å². The van der Waals surface area contributed by atoms with Crippen molar-refractivity contribution in [2.75, 3.05) is 0 Å². The van der Waals surface area contributed by atoms with Gasteiger partial charge in [0.1, 0.15) is 0 Å². The number of carbonyl (C=O) groups is 1. The second-order valence-electron chi connectivity index (χ2n) is 4.28. The van der Waals surface area contributed by atoms with Crippen LogP contribution in [0.3, 0.4) is 0 Å². The molecule has 5 nitrogen and oxygen atoms in total. The highest BCUT2D eigenvalue weighted by molar-refractivity contribution is 5.86. The molecule has 0 bridgehead atoms. The number of hydrogen-bond donors (Lipinski definition) is 1. The van der Waals surface area contributed by atoms with Crippen molar-refractivity contribution >= 4 is 5.97 Å². The minimum Gasteiger partial charge on any atom is -0.476 e. The first-order valence-corrected chi connectivity index (χ1v) is 5.91. The molecule has 0 radical (unpaired) electrons. The number of hydrogen-bond acceptors (Lipinski definition) is 3. The summed E-state index contributed by atoms with van der Waals surface area (Å²) in [6.45, 7) is 1.95. The van der Waals surface area contributed by atoms with Crippen molar-refractivity contribution in [3.63, 3.8) is 0 Å². The lowest BCUT2D eigenvalue weighted by molar-refractivity contribution is 0.0689. The Bertz CT molecular complexity index is 381. The number of aromatic nitrogens is 3. The first kappa shape index (κ1) is 11.1. The third-order valence-electron chi connectivity index (χ3n) is 3.25. The van der Waals surface area contributed by atoms with Gasteiger partial charge in [0.05, 0.1) is 11.7 Å². The van der Waals surface area contributed by atoms with E-state index in [0.29, 0.717) is 12.5 Å². The summed E-state index contributed by atoms with van der Waals surface area (Å²) < 4.78 is 1.84. The Kier molecular flexibility index (Phi) is 3.22. The van der Waals surface area contributed by atoms with E-state index in [-0.39, 0.29) is 5.69 Å². The number of carboxylic acids is 1. The van der Waals surface area contributed by atoms with Crippen LogP contribution in [0.15, 0.2) is 0 Å². The molecule has 1 aliphatic carbocycles. The average molecular weight is 223 g/mol. The average Bonchev–Trinajstić information content (AvgIpc) is 2.73. The zero-order valence-corrected chi connectivity index (χ0v) is 9.52.